The first-order valence-electron chi connectivity index (χ1n) is 5.10. The first-order chi connectivity index (χ1) is 7.56. The number of halogens is 2. The highest BCUT2D eigenvalue weighted by atomic mass is 35.5. The van der Waals surface area contributed by atoms with E-state index in [2.05, 4.69) is 0 Å². The van der Waals surface area contributed by atoms with Crippen LogP contribution >= 0.6 is 11.6 Å². The highest BCUT2D eigenvalue weighted by Gasteiger charge is 2.05. The first kappa shape index (κ1) is 11.2. The third-order valence-corrected chi connectivity index (χ3v) is 2.77. The molecule has 0 aromatic heterocycles. The van der Waals surface area contributed by atoms with Gasteiger partial charge < -0.3 is 0 Å². The van der Waals surface area contributed by atoms with Crippen LogP contribution in [0.3, 0.4) is 0 Å². The van der Waals surface area contributed by atoms with Crippen LogP contribution < -0.4 is 0 Å². The van der Waals surface area contributed by atoms with Gasteiger partial charge in [0, 0.05) is 5.02 Å². The summed E-state index contributed by atoms with van der Waals surface area (Å²) in [6.07, 6.45) is 0. The van der Waals surface area contributed by atoms with Crippen LogP contribution in [0.15, 0.2) is 36.4 Å². The molecule has 0 heterocycles. The lowest BCUT2D eigenvalue weighted by atomic mass is 9.99. The summed E-state index contributed by atoms with van der Waals surface area (Å²) in [7, 11) is 0. The maximum Gasteiger partial charge on any atom is 0.123 e. The molecule has 2 rings (SSSR count). The average molecular weight is 235 g/mol. The quantitative estimate of drug-likeness (QED) is 0.667. The van der Waals surface area contributed by atoms with Crippen molar-refractivity contribution in [1.82, 2.24) is 0 Å². The molecule has 0 fully saturated rings. The van der Waals surface area contributed by atoms with E-state index in [1.54, 1.807) is 12.1 Å². The van der Waals surface area contributed by atoms with Crippen molar-refractivity contribution in [3.05, 3.63) is 58.4 Å². The summed E-state index contributed by atoms with van der Waals surface area (Å²) in [4.78, 5) is 0. The molecule has 0 aliphatic heterocycles. The van der Waals surface area contributed by atoms with Crippen molar-refractivity contribution in [2.45, 2.75) is 13.8 Å². The molecule has 0 nitrogen and oxygen atoms in total. The van der Waals surface area contributed by atoms with Gasteiger partial charge in [-0.25, -0.2) is 4.39 Å². The second kappa shape index (κ2) is 4.26. The Bertz CT molecular complexity index is 512. The van der Waals surface area contributed by atoms with Gasteiger partial charge in [-0.15, -0.1) is 0 Å². The maximum absolute atomic E-state index is 13.2. The normalized spacial score (nSPS) is 10.5. The largest absolute Gasteiger partial charge is 0.207 e. The molecule has 0 saturated heterocycles. The van der Waals surface area contributed by atoms with Gasteiger partial charge >= 0.3 is 0 Å². The molecule has 16 heavy (non-hydrogen) atoms. The molecule has 82 valence electrons. The average Bonchev–Trinajstić information content (AvgIpc) is 2.20. The topological polar surface area (TPSA) is 0 Å². The zero-order valence-corrected chi connectivity index (χ0v) is 9.98. The summed E-state index contributed by atoms with van der Waals surface area (Å²) in [6.45, 7) is 3.94. The van der Waals surface area contributed by atoms with Gasteiger partial charge in [0.05, 0.1) is 0 Å². The molecule has 0 atom stereocenters. The van der Waals surface area contributed by atoms with Crippen LogP contribution in [0, 0.1) is 19.7 Å². The van der Waals surface area contributed by atoms with Gasteiger partial charge in [-0.2, -0.15) is 0 Å². The van der Waals surface area contributed by atoms with Crippen LogP contribution in [0.2, 0.25) is 5.02 Å². The van der Waals surface area contributed by atoms with E-state index in [-0.39, 0.29) is 5.82 Å². The van der Waals surface area contributed by atoms with Gasteiger partial charge in [-0.05, 0) is 60.4 Å². The molecule has 0 aliphatic rings. The molecule has 0 bridgehead atoms. The summed E-state index contributed by atoms with van der Waals surface area (Å²) in [5.74, 6) is -0.224. The fourth-order valence-electron chi connectivity index (χ4n) is 1.80. The Hall–Kier alpha value is -1.34. The smallest absolute Gasteiger partial charge is 0.123 e. The lowest BCUT2D eigenvalue weighted by Gasteiger charge is -2.08. The van der Waals surface area contributed by atoms with Crippen molar-refractivity contribution in [3.8, 4) is 11.1 Å². The van der Waals surface area contributed by atoms with Gasteiger partial charge in [0.25, 0.3) is 0 Å². The highest BCUT2D eigenvalue weighted by Crippen LogP contribution is 2.27. The SMILES string of the molecule is Cc1cc(Cl)cc(-c2cc(F)ccc2C)c1. The van der Waals surface area contributed by atoms with Gasteiger partial charge in [0.1, 0.15) is 5.82 Å². The van der Waals surface area contributed by atoms with Gasteiger partial charge in [0.2, 0.25) is 0 Å². The minimum atomic E-state index is -0.224. The summed E-state index contributed by atoms with van der Waals surface area (Å²) >= 11 is 6.00. The van der Waals surface area contributed by atoms with Crippen LogP contribution in [0.1, 0.15) is 11.1 Å². The molecule has 2 aromatic carbocycles. The van der Waals surface area contributed by atoms with Crippen molar-refractivity contribution >= 4 is 11.6 Å². The minimum absolute atomic E-state index is 0.224. The zero-order chi connectivity index (χ0) is 11.7. The lowest BCUT2D eigenvalue weighted by Crippen LogP contribution is -1.86. The Morgan fingerprint density at radius 1 is 1.00 bits per heavy atom. The number of aryl methyl sites for hydroxylation is 2. The summed E-state index contributed by atoms with van der Waals surface area (Å²) < 4.78 is 13.2. The predicted octanol–water partition coefficient (Wildman–Crippen LogP) is 4.76. The molecular formula is C14H12ClF. The highest BCUT2D eigenvalue weighted by molar-refractivity contribution is 6.31. The Morgan fingerprint density at radius 3 is 2.44 bits per heavy atom. The second-order valence-electron chi connectivity index (χ2n) is 3.98. The van der Waals surface area contributed by atoms with Crippen LogP contribution in [0.4, 0.5) is 4.39 Å². The number of hydrogen-bond donors (Lipinski definition) is 0. The van der Waals surface area contributed by atoms with E-state index in [1.807, 2.05) is 32.0 Å². The van der Waals surface area contributed by atoms with Crippen LogP contribution in [0.5, 0.6) is 0 Å². The van der Waals surface area contributed by atoms with E-state index in [0.717, 1.165) is 22.3 Å². The van der Waals surface area contributed by atoms with Crippen molar-refractivity contribution in [2.75, 3.05) is 0 Å². The summed E-state index contributed by atoms with van der Waals surface area (Å²) in [6, 6.07) is 10.5. The monoisotopic (exact) mass is 234 g/mol. The second-order valence-corrected chi connectivity index (χ2v) is 4.41. The molecule has 0 radical (unpaired) electrons. The first-order valence-corrected chi connectivity index (χ1v) is 5.48. The molecule has 0 N–H and O–H groups in total. The van der Waals surface area contributed by atoms with Crippen molar-refractivity contribution < 1.29 is 4.39 Å². The van der Waals surface area contributed by atoms with E-state index in [0.29, 0.717) is 5.02 Å². The Kier molecular flexibility index (Phi) is 2.97. The third kappa shape index (κ3) is 2.25. The third-order valence-electron chi connectivity index (χ3n) is 2.55. The number of benzene rings is 2. The van der Waals surface area contributed by atoms with Crippen LogP contribution in [-0.4, -0.2) is 0 Å². The van der Waals surface area contributed by atoms with Gasteiger partial charge in [-0.1, -0.05) is 23.7 Å². The molecule has 0 aliphatic carbocycles. The Labute approximate surface area is 99.7 Å². The maximum atomic E-state index is 13.2. The van der Waals surface area contributed by atoms with Gasteiger partial charge in [0.15, 0.2) is 0 Å². The van der Waals surface area contributed by atoms with Gasteiger partial charge in [-0.3, -0.25) is 0 Å². The fraction of sp³-hybridized carbons (Fsp3) is 0.143. The molecule has 0 unspecified atom stereocenters. The molecule has 2 aromatic rings. The fourth-order valence-corrected chi connectivity index (χ4v) is 2.09. The molecular weight excluding hydrogens is 223 g/mol. The van der Waals surface area contributed by atoms with E-state index in [4.69, 9.17) is 11.6 Å². The molecule has 0 spiro atoms. The van der Waals surface area contributed by atoms with Crippen molar-refractivity contribution in [1.29, 1.82) is 0 Å². The minimum Gasteiger partial charge on any atom is -0.207 e. The van der Waals surface area contributed by atoms with Crippen molar-refractivity contribution in [2.24, 2.45) is 0 Å². The Balaban J connectivity index is 2.62. The molecule has 0 saturated carbocycles. The van der Waals surface area contributed by atoms with E-state index in [1.165, 1.54) is 6.07 Å². The lowest BCUT2D eigenvalue weighted by molar-refractivity contribution is 0.628. The van der Waals surface area contributed by atoms with E-state index < -0.39 is 0 Å². The van der Waals surface area contributed by atoms with Crippen LogP contribution in [0.25, 0.3) is 11.1 Å². The van der Waals surface area contributed by atoms with E-state index in [9.17, 15) is 4.39 Å². The van der Waals surface area contributed by atoms with E-state index >= 15 is 0 Å². The summed E-state index contributed by atoms with van der Waals surface area (Å²) in [5.41, 5.74) is 3.97. The number of rotatable bonds is 1. The predicted molar refractivity (Wildman–Crippen MR) is 66.3 cm³/mol. The number of hydrogen-bond acceptors (Lipinski definition) is 0. The molecule has 2 heteroatoms. The van der Waals surface area contributed by atoms with Crippen molar-refractivity contribution in [3.63, 3.8) is 0 Å². The standard InChI is InChI=1S/C14H12ClF/c1-9-5-11(7-12(15)6-9)14-8-13(16)4-3-10(14)2/h3-8H,1-2H3. The Morgan fingerprint density at radius 2 is 1.75 bits per heavy atom. The molecule has 0 amide bonds. The zero-order valence-electron chi connectivity index (χ0n) is 9.22. The summed E-state index contributed by atoms with van der Waals surface area (Å²) in [5, 5.41) is 0.679. The van der Waals surface area contributed by atoms with Crippen LogP contribution in [-0.2, 0) is 0 Å².